The lowest BCUT2D eigenvalue weighted by atomic mass is 9.96. The normalized spacial score (nSPS) is 17.8. The van der Waals surface area contributed by atoms with Crippen LogP contribution >= 0.6 is 23.1 Å². The lowest BCUT2D eigenvalue weighted by Crippen LogP contribution is -2.46. The maximum absolute atomic E-state index is 12.3. The van der Waals surface area contributed by atoms with E-state index in [-0.39, 0.29) is 11.5 Å². The molecule has 0 unspecified atom stereocenters. The molecule has 0 atom stereocenters. The van der Waals surface area contributed by atoms with Crippen molar-refractivity contribution < 1.29 is 9.53 Å². The summed E-state index contributed by atoms with van der Waals surface area (Å²) < 4.78 is 6.73. The molecule has 1 aliphatic heterocycles. The second-order valence-electron chi connectivity index (χ2n) is 5.22. The second-order valence-corrected chi connectivity index (χ2v) is 7.33. The Morgan fingerprint density at radius 1 is 1.43 bits per heavy atom. The van der Waals surface area contributed by atoms with Crippen molar-refractivity contribution in [3.05, 3.63) is 29.3 Å². The van der Waals surface area contributed by atoms with Crippen LogP contribution in [0.1, 0.15) is 23.2 Å². The number of hydrogen-bond acceptors (Lipinski definition) is 5. The molecule has 1 aromatic heterocycles. The molecular formula is C15H18N2O2S2. The van der Waals surface area contributed by atoms with Gasteiger partial charge >= 0.3 is 0 Å². The molecule has 3 rings (SSSR count). The number of nitrogens with zero attached hydrogens (tertiary/aromatic N) is 1. The minimum Gasteiger partial charge on any atom is -0.376 e. The molecule has 21 heavy (non-hydrogen) atoms. The van der Waals surface area contributed by atoms with Crippen LogP contribution in [0.4, 0.5) is 0 Å². The molecule has 112 valence electrons. The molecule has 0 spiro atoms. The predicted molar refractivity (Wildman–Crippen MR) is 88.3 cm³/mol. The van der Waals surface area contributed by atoms with E-state index in [0.717, 1.165) is 34.6 Å². The van der Waals surface area contributed by atoms with Crippen molar-refractivity contribution in [2.75, 3.05) is 25.2 Å². The highest BCUT2D eigenvalue weighted by Gasteiger charge is 2.32. The molecule has 1 saturated heterocycles. The van der Waals surface area contributed by atoms with Gasteiger partial charge < -0.3 is 10.1 Å². The first-order valence-corrected chi connectivity index (χ1v) is 9.00. The third-order valence-corrected chi connectivity index (χ3v) is 5.78. The number of hydrogen-bond donors (Lipinski definition) is 1. The molecule has 2 aromatic rings. The zero-order chi connectivity index (χ0) is 14.7. The molecule has 2 heterocycles. The number of aromatic nitrogens is 1. The van der Waals surface area contributed by atoms with Crippen LogP contribution in [0.25, 0.3) is 10.2 Å². The van der Waals surface area contributed by atoms with E-state index in [1.165, 1.54) is 0 Å². The predicted octanol–water partition coefficient (Wildman–Crippen LogP) is 2.94. The number of thioether (sulfide) groups is 1. The van der Waals surface area contributed by atoms with Gasteiger partial charge in [0.15, 0.2) is 0 Å². The fourth-order valence-electron chi connectivity index (χ4n) is 2.54. The van der Waals surface area contributed by atoms with E-state index < -0.39 is 0 Å². The molecule has 0 aliphatic carbocycles. The third kappa shape index (κ3) is 3.22. The average molecular weight is 322 g/mol. The quantitative estimate of drug-likeness (QED) is 0.940. The summed E-state index contributed by atoms with van der Waals surface area (Å²) in [6.45, 7) is 0.573. The summed E-state index contributed by atoms with van der Waals surface area (Å²) in [4.78, 5) is 16.6. The van der Waals surface area contributed by atoms with E-state index in [2.05, 4.69) is 10.3 Å². The summed E-state index contributed by atoms with van der Waals surface area (Å²) >= 11 is 3.50. The molecule has 0 saturated carbocycles. The Hall–Kier alpha value is -1.11. The Morgan fingerprint density at radius 2 is 2.24 bits per heavy atom. The van der Waals surface area contributed by atoms with Crippen molar-refractivity contribution in [1.29, 1.82) is 0 Å². The van der Waals surface area contributed by atoms with E-state index >= 15 is 0 Å². The highest BCUT2D eigenvalue weighted by molar-refractivity contribution is 7.99. The summed E-state index contributed by atoms with van der Waals surface area (Å²) in [7, 11) is 1.74. The van der Waals surface area contributed by atoms with Gasteiger partial charge in [-0.15, -0.1) is 11.3 Å². The largest absolute Gasteiger partial charge is 0.376 e. The SMILES string of the molecule is COC1(CNC(=O)c2ccc3ncsc3c2)CCSCC1. The molecule has 1 amide bonds. The topological polar surface area (TPSA) is 51.2 Å². The summed E-state index contributed by atoms with van der Waals surface area (Å²) in [5.74, 6) is 2.15. The van der Waals surface area contributed by atoms with Crippen molar-refractivity contribution in [3.63, 3.8) is 0 Å². The number of thiazole rings is 1. The molecule has 6 heteroatoms. The van der Waals surface area contributed by atoms with Gasteiger partial charge in [0.25, 0.3) is 5.91 Å². The van der Waals surface area contributed by atoms with Crippen LogP contribution in [0.15, 0.2) is 23.7 Å². The van der Waals surface area contributed by atoms with Crippen LogP contribution in [0, 0.1) is 0 Å². The second kappa shape index (κ2) is 6.34. The maximum atomic E-state index is 12.3. The Labute approximate surface area is 132 Å². The molecular weight excluding hydrogens is 304 g/mol. The average Bonchev–Trinajstić information content (AvgIpc) is 3.01. The standard InChI is InChI=1S/C15H18N2O2S2/c1-19-15(4-6-20-7-5-15)9-16-14(18)11-2-3-12-13(8-11)21-10-17-12/h2-3,8,10H,4-7,9H2,1H3,(H,16,18). The highest BCUT2D eigenvalue weighted by Crippen LogP contribution is 2.29. The maximum Gasteiger partial charge on any atom is 0.251 e. The monoisotopic (exact) mass is 322 g/mol. The van der Waals surface area contributed by atoms with E-state index in [0.29, 0.717) is 12.1 Å². The molecule has 4 nitrogen and oxygen atoms in total. The van der Waals surface area contributed by atoms with Gasteiger partial charge in [-0.05, 0) is 42.5 Å². The van der Waals surface area contributed by atoms with Crippen molar-refractivity contribution in [2.45, 2.75) is 18.4 Å². The van der Waals surface area contributed by atoms with E-state index in [1.54, 1.807) is 24.0 Å². The molecule has 0 bridgehead atoms. The van der Waals surface area contributed by atoms with Crippen LogP contribution in [0.5, 0.6) is 0 Å². The first-order chi connectivity index (χ1) is 10.2. The number of amides is 1. The van der Waals surface area contributed by atoms with Crippen LogP contribution in [0.2, 0.25) is 0 Å². The van der Waals surface area contributed by atoms with Gasteiger partial charge in [-0.1, -0.05) is 0 Å². The first-order valence-electron chi connectivity index (χ1n) is 6.97. The van der Waals surface area contributed by atoms with Crippen molar-refractivity contribution in [3.8, 4) is 0 Å². The smallest absolute Gasteiger partial charge is 0.251 e. The number of nitrogens with one attached hydrogen (secondary N) is 1. The van der Waals surface area contributed by atoms with Gasteiger partial charge in [0.2, 0.25) is 0 Å². The molecule has 1 aliphatic rings. The Balaban J connectivity index is 1.67. The molecule has 1 fully saturated rings. The summed E-state index contributed by atoms with van der Waals surface area (Å²) in [5, 5.41) is 3.03. The lowest BCUT2D eigenvalue weighted by Gasteiger charge is -2.35. The van der Waals surface area contributed by atoms with E-state index in [4.69, 9.17) is 4.74 Å². The number of ether oxygens (including phenoxy) is 1. The van der Waals surface area contributed by atoms with E-state index in [9.17, 15) is 4.79 Å². The molecule has 1 aromatic carbocycles. The Morgan fingerprint density at radius 3 is 3.00 bits per heavy atom. The number of methoxy groups -OCH3 is 1. The Bertz CT molecular complexity index is 635. The van der Waals surface area contributed by atoms with Gasteiger partial charge in [0.1, 0.15) is 0 Å². The van der Waals surface area contributed by atoms with Crippen molar-refractivity contribution in [2.24, 2.45) is 0 Å². The zero-order valence-corrected chi connectivity index (χ0v) is 13.6. The van der Waals surface area contributed by atoms with Crippen LogP contribution in [-0.2, 0) is 4.74 Å². The van der Waals surface area contributed by atoms with Gasteiger partial charge in [-0.2, -0.15) is 11.8 Å². The van der Waals surface area contributed by atoms with Crippen molar-refractivity contribution in [1.82, 2.24) is 10.3 Å². The number of carbonyl (C=O) groups excluding carboxylic acids is 1. The zero-order valence-electron chi connectivity index (χ0n) is 11.9. The van der Waals surface area contributed by atoms with Crippen LogP contribution in [-0.4, -0.2) is 41.7 Å². The third-order valence-electron chi connectivity index (χ3n) is 4.00. The lowest BCUT2D eigenvalue weighted by molar-refractivity contribution is -0.0149. The van der Waals surface area contributed by atoms with Gasteiger partial charge in [-0.3, -0.25) is 4.79 Å². The minimum atomic E-state index is -0.199. The number of benzene rings is 1. The first kappa shape index (κ1) is 14.8. The number of fused-ring (bicyclic) bond motifs is 1. The van der Waals surface area contributed by atoms with Crippen molar-refractivity contribution >= 4 is 39.2 Å². The number of carbonyl (C=O) groups is 1. The number of rotatable bonds is 4. The molecule has 1 N–H and O–H groups in total. The highest BCUT2D eigenvalue weighted by atomic mass is 32.2. The summed E-state index contributed by atoms with van der Waals surface area (Å²) in [6, 6.07) is 5.62. The minimum absolute atomic E-state index is 0.0417. The summed E-state index contributed by atoms with van der Waals surface area (Å²) in [5.41, 5.74) is 3.22. The van der Waals surface area contributed by atoms with Gasteiger partial charge in [0, 0.05) is 19.2 Å². The van der Waals surface area contributed by atoms with Crippen LogP contribution in [0.3, 0.4) is 0 Å². The van der Waals surface area contributed by atoms with E-state index in [1.807, 2.05) is 30.0 Å². The Kier molecular flexibility index (Phi) is 4.47. The fourth-order valence-corrected chi connectivity index (χ4v) is 4.49. The fraction of sp³-hybridized carbons (Fsp3) is 0.467. The summed E-state index contributed by atoms with van der Waals surface area (Å²) in [6.07, 6.45) is 1.98. The molecule has 0 radical (unpaired) electrons. The van der Waals surface area contributed by atoms with Gasteiger partial charge in [0.05, 0.1) is 21.3 Å². The van der Waals surface area contributed by atoms with Gasteiger partial charge in [-0.25, -0.2) is 4.98 Å². The van der Waals surface area contributed by atoms with Crippen LogP contribution < -0.4 is 5.32 Å².